The van der Waals surface area contributed by atoms with Crippen LogP contribution in [-0.4, -0.2) is 41.1 Å². The molecule has 1 aliphatic heterocycles. The van der Waals surface area contributed by atoms with Crippen LogP contribution in [-0.2, 0) is 16.0 Å². The number of nitrogens with zero attached hydrogens (tertiary/aromatic N) is 1. The van der Waals surface area contributed by atoms with Gasteiger partial charge in [-0.2, -0.15) is 13.2 Å². The third-order valence-corrected chi connectivity index (χ3v) is 4.67. The van der Waals surface area contributed by atoms with Gasteiger partial charge in [-0.25, -0.2) is 0 Å². The summed E-state index contributed by atoms with van der Waals surface area (Å²) in [6, 6.07) is 4.60. The lowest BCUT2D eigenvalue weighted by Crippen LogP contribution is -2.47. The maximum atomic E-state index is 13.1. The summed E-state index contributed by atoms with van der Waals surface area (Å²) in [5.41, 5.74) is -2.62. The molecule has 9 heteroatoms. The standard InChI is InChI=1S/C14H12Cl2F3NO3/c15-9-2-1-3-10(16)8(9)6-11(21)20-5-4-13(7-20,12(22)23)14(17,18)19/h1-3H,4-7H2,(H,22,23). The van der Waals surface area contributed by atoms with Crippen LogP contribution < -0.4 is 0 Å². The highest BCUT2D eigenvalue weighted by Gasteiger charge is 2.64. The Morgan fingerprint density at radius 1 is 1.26 bits per heavy atom. The summed E-state index contributed by atoms with van der Waals surface area (Å²) in [5.74, 6) is -2.62. The molecule has 1 aromatic rings. The number of carbonyl (C=O) groups is 2. The van der Waals surface area contributed by atoms with Crippen LogP contribution in [0.15, 0.2) is 18.2 Å². The van der Waals surface area contributed by atoms with E-state index < -0.39 is 36.4 Å². The highest BCUT2D eigenvalue weighted by Crippen LogP contribution is 2.45. The Hall–Kier alpha value is -1.47. The number of amides is 1. The number of hydrogen-bond acceptors (Lipinski definition) is 2. The SMILES string of the molecule is O=C(Cc1c(Cl)cccc1Cl)N1CCC(C(=O)O)(C(F)(F)F)C1. The number of hydrogen-bond donors (Lipinski definition) is 1. The van der Waals surface area contributed by atoms with E-state index in [9.17, 15) is 22.8 Å². The molecule has 0 radical (unpaired) electrons. The monoisotopic (exact) mass is 369 g/mol. The Morgan fingerprint density at radius 3 is 2.26 bits per heavy atom. The van der Waals surface area contributed by atoms with Gasteiger partial charge in [0.1, 0.15) is 0 Å². The van der Waals surface area contributed by atoms with Gasteiger partial charge in [-0.3, -0.25) is 9.59 Å². The zero-order valence-corrected chi connectivity index (χ0v) is 13.2. The molecule has 23 heavy (non-hydrogen) atoms. The van der Waals surface area contributed by atoms with Gasteiger partial charge in [-0.05, 0) is 24.1 Å². The Balaban J connectivity index is 2.18. The second-order valence-corrected chi connectivity index (χ2v) is 6.14. The molecule has 0 aromatic heterocycles. The number of rotatable bonds is 3. The molecule has 1 atom stereocenters. The number of benzene rings is 1. The van der Waals surface area contributed by atoms with E-state index in [1.807, 2.05) is 0 Å². The van der Waals surface area contributed by atoms with E-state index >= 15 is 0 Å². The normalized spacial score (nSPS) is 21.5. The minimum Gasteiger partial charge on any atom is -0.481 e. The van der Waals surface area contributed by atoms with Crippen LogP contribution >= 0.6 is 23.2 Å². The second kappa shape index (κ2) is 6.20. The van der Waals surface area contributed by atoms with Crippen LogP contribution in [0.4, 0.5) is 13.2 Å². The summed E-state index contributed by atoms with van der Waals surface area (Å²) in [5, 5.41) is 9.43. The molecule has 126 valence electrons. The van der Waals surface area contributed by atoms with E-state index in [-0.39, 0.29) is 23.0 Å². The number of carboxylic acid groups (broad SMARTS) is 1. The van der Waals surface area contributed by atoms with E-state index in [4.69, 9.17) is 28.3 Å². The third kappa shape index (κ3) is 3.26. The van der Waals surface area contributed by atoms with Crippen molar-refractivity contribution in [1.29, 1.82) is 0 Å². The molecule has 1 N–H and O–H groups in total. The summed E-state index contributed by atoms with van der Waals surface area (Å²) >= 11 is 11.9. The highest BCUT2D eigenvalue weighted by molar-refractivity contribution is 6.36. The second-order valence-electron chi connectivity index (χ2n) is 5.33. The number of likely N-dealkylation sites (tertiary alicyclic amines) is 1. The zero-order chi connectivity index (χ0) is 17.4. The molecule has 1 amide bonds. The van der Waals surface area contributed by atoms with Crippen LogP contribution in [0, 0.1) is 5.41 Å². The molecule has 0 saturated carbocycles. The summed E-state index contributed by atoms with van der Waals surface area (Å²) in [6.45, 7) is -1.19. The molecular formula is C14H12Cl2F3NO3. The summed E-state index contributed by atoms with van der Waals surface area (Å²) in [4.78, 5) is 24.2. The number of alkyl halides is 3. The lowest BCUT2D eigenvalue weighted by Gasteiger charge is -2.27. The van der Waals surface area contributed by atoms with E-state index in [1.165, 1.54) is 12.1 Å². The van der Waals surface area contributed by atoms with Crippen molar-refractivity contribution >= 4 is 35.1 Å². The molecular weight excluding hydrogens is 358 g/mol. The van der Waals surface area contributed by atoms with Crippen molar-refractivity contribution in [2.24, 2.45) is 5.41 Å². The van der Waals surface area contributed by atoms with Crippen LogP contribution in [0.2, 0.25) is 10.0 Å². The molecule has 2 rings (SSSR count). The van der Waals surface area contributed by atoms with Gasteiger partial charge < -0.3 is 10.0 Å². The molecule has 1 aromatic carbocycles. The summed E-state index contributed by atoms with van der Waals surface area (Å²) in [7, 11) is 0. The summed E-state index contributed by atoms with van der Waals surface area (Å²) < 4.78 is 39.3. The van der Waals surface area contributed by atoms with E-state index in [2.05, 4.69) is 0 Å². The van der Waals surface area contributed by atoms with Crippen molar-refractivity contribution < 1.29 is 27.9 Å². The minimum atomic E-state index is -4.93. The number of aliphatic carboxylic acids is 1. The van der Waals surface area contributed by atoms with Crippen molar-refractivity contribution in [3.8, 4) is 0 Å². The van der Waals surface area contributed by atoms with Crippen LogP contribution in [0.25, 0.3) is 0 Å². The Morgan fingerprint density at radius 2 is 1.83 bits per heavy atom. The quantitative estimate of drug-likeness (QED) is 0.888. The van der Waals surface area contributed by atoms with Crippen molar-refractivity contribution in [2.75, 3.05) is 13.1 Å². The first-order chi connectivity index (χ1) is 10.6. The molecule has 4 nitrogen and oxygen atoms in total. The Bertz CT molecular complexity index is 630. The van der Waals surface area contributed by atoms with Gasteiger partial charge in [0.2, 0.25) is 5.91 Å². The van der Waals surface area contributed by atoms with Crippen molar-refractivity contribution in [3.63, 3.8) is 0 Å². The fraction of sp³-hybridized carbons (Fsp3) is 0.429. The largest absolute Gasteiger partial charge is 0.481 e. The zero-order valence-electron chi connectivity index (χ0n) is 11.7. The Labute approximate surface area is 139 Å². The topological polar surface area (TPSA) is 57.6 Å². The molecule has 0 aliphatic carbocycles. The maximum absolute atomic E-state index is 13.1. The average molecular weight is 370 g/mol. The number of halogens is 5. The smallest absolute Gasteiger partial charge is 0.406 e. The first-order valence-corrected chi connectivity index (χ1v) is 7.35. The molecule has 1 heterocycles. The van der Waals surface area contributed by atoms with Crippen molar-refractivity contribution in [1.82, 2.24) is 4.90 Å². The van der Waals surface area contributed by atoms with Gasteiger partial charge in [0.25, 0.3) is 0 Å². The maximum Gasteiger partial charge on any atom is 0.406 e. The molecule has 1 fully saturated rings. The Kier molecular flexibility index (Phi) is 4.82. The van der Waals surface area contributed by atoms with Crippen LogP contribution in [0.1, 0.15) is 12.0 Å². The average Bonchev–Trinajstić information content (AvgIpc) is 2.89. The van der Waals surface area contributed by atoms with Gasteiger partial charge in [0, 0.05) is 23.1 Å². The van der Waals surface area contributed by atoms with Gasteiger partial charge in [0.05, 0.1) is 6.42 Å². The van der Waals surface area contributed by atoms with Gasteiger partial charge in [0.15, 0.2) is 5.41 Å². The number of carboxylic acids is 1. The highest BCUT2D eigenvalue weighted by atomic mass is 35.5. The first-order valence-electron chi connectivity index (χ1n) is 6.59. The lowest BCUT2D eigenvalue weighted by atomic mass is 9.86. The van der Waals surface area contributed by atoms with E-state index in [0.29, 0.717) is 5.56 Å². The van der Waals surface area contributed by atoms with Crippen molar-refractivity contribution in [3.05, 3.63) is 33.8 Å². The predicted octanol–water partition coefficient (Wildman–Crippen LogP) is 3.40. The van der Waals surface area contributed by atoms with E-state index in [0.717, 1.165) is 4.90 Å². The first kappa shape index (κ1) is 17.9. The number of carbonyl (C=O) groups excluding carboxylic acids is 1. The van der Waals surface area contributed by atoms with Gasteiger partial charge in [-0.15, -0.1) is 0 Å². The van der Waals surface area contributed by atoms with Crippen molar-refractivity contribution in [2.45, 2.75) is 19.0 Å². The summed E-state index contributed by atoms with van der Waals surface area (Å²) in [6.07, 6.45) is -5.89. The minimum absolute atomic E-state index is 0.227. The lowest BCUT2D eigenvalue weighted by molar-refractivity contribution is -0.227. The van der Waals surface area contributed by atoms with Gasteiger partial charge >= 0.3 is 12.1 Å². The molecule has 1 saturated heterocycles. The molecule has 0 bridgehead atoms. The van der Waals surface area contributed by atoms with Crippen LogP contribution in [0.5, 0.6) is 0 Å². The molecule has 1 unspecified atom stereocenters. The molecule has 0 spiro atoms. The fourth-order valence-corrected chi connectivity index (χ4v) is 3.05. The third-order valence-electron chi connectivity index (χ3n) is 3.96. The van der Waals surface area contributed by atoms with Crippen LogP contribution in [0.3, 0.4) is 0 Å². The predicted molar refractivity (Wildman–Crippen MR) is 77.5 cm³/mol. The fourth-order valence-electron chi connectivity index (χ4n) is 2.51. The van der Waals surface area contributed by atoms with Gasteiger partial charge in [-0.1, -0.05) is 29.3 Å². The molecule has 1 aliphatic rings. The van der Waals surface area contributed by atoms with E-state index in [1.54, 1.807) is 6.07 Å².